The Labute approximate surface area is 168 Å². The van der Waals surface area contributed by atoms with Gasteiger partial charge in [-0.2, -0.15) is 0 Å². The summed E-state index contributed by atoms with van der Waals surface area (Å²) in [5.41, 5.74) is 3.17. The number of aromatic nitrogens is 2. The van der Waals surface area contributed by atoms with Crippen molar-refractivity contribution in [2.45, 2.75) is 57.7 Å². The molecule has 1 N–H and O–H groups in total. The highest BCUT2D eigenvalue weighted by Crippen LogP contribution is 2.41. The summed E-state index contributed by atoms with van der Waals surface area (Å²) in [6, 6.07) is 8.15. The van der Waals surface area contributed by atoms with Crippen LogP contribution in [0.25, 0.3) is 11.3 Å². The highest BCUT2D eigenvalue weighted by molar-refractivity contribution is 6.74. The number of nitrogens with zero attached hydrogens (tertiary/aromatic N) is 2. The molecule has 0 unspecified atom stereocenters. The summed E-state index contributed by atoms with van der Waals surface area (Å²) < 4.78 is 6.19. The van der Waals surface area contributed by atoms with E-state index in [1.807, 2.05) is 24.4 Å². The van der Waals surface area contributed by atoms with E-state index in [1.54, 1.807) is 0 Å². The summed E-state index contributed by atoms with van der Waals surface area (Å²) in [6.45, 7) is 12.8. The molecule has 0 atom stereocenters. The van der Waals surface area contributed by atoms with Crippen LogP contribution >= 0.6 is 11.6 Å². The Balaban J connectivity index is 1.57. The van der Waals surface area contributed by atoms with Gasteiger partial charge in [0.2, 0.25) is 0 Å². The van der Waals surface area contributed by atoms with Crippen LogP contribution < -0.4 is 5.32 Å². The summed E-state index contributed by atoms with van der Waals surface area (Å²) in [4.78, 5) is 8.98. The van der Waals surface area contributed by atoms with Crippen molar-refractivity contribution in [1.29, 1.82) is 0 Å². The largest absolute Gasteiger partial charge is 0.415 e. The lowest BCUT2D eigenvalue weighted by atomic mass is 10.1. The third kappa shape index (κ3) is 5.30. The summed E-state index contributed by atoms with van der Waals surface area (Å²) in [5, 5.41) is 4.13. The van der Waals surface area contributed by atoms with E-state index in [0.29, 0.717) is 17.7 Å². The van der Waals surface area contributed by atoms with Gasteiger partial charge in [-0.25, -0.2) is 9.97 Å². The van der Waals surface area contributed by atoms with Crippen molar-refractivity contribution in [3.05, 3.63) is 41.2 Å². The van der Waals surface area contributed by atoms with Gasteiger partial charge in [-0.05, 0) is 66.7 Å². The lowest BCUT2D eigenvalue weighted by Gasteiger charge is -2.36. The normalized spacial score (nSPS) is 15.0. The monoisotopic (exact) mass is 403 g/mol. The minimum absolute atomic E-state index is 0.232. The first-order valence-electron chi connectivity index (χ1n) is 9.67. The molecule has 1 fully saturated rings. The van der Waals surface area contributed by atoms with Crippen LogP contribution in [0.2, 0.25) is 23.3 Å². The van der Waals surface area contributed by atoms with Gasteiger partial charge in [0.25, 0.3) is 0 Å². The minimum Gasteiger partial charge on any atom is -0.415 e. The van der Waals surface area contributed by atoms with Gasteiger partial charge >= 0.3 is 0 Å². The Kier molecular flexibility index (Phi) is 5.94. The molecule has 0 amide bonds. The summed E-state index contributed by atoms with van der Waals surface area (Å²) in [5.74, 6) is 1.50. The van der Waals surface area contributed by atoms with E-state index in [2.05, 4.69) is 55.2 Å². The number of anilines is 1. The maximum Gasteiger partial charge on any atom is 0.192 e. The maximum atomic E-state index is 6.20. The fourth-order valence-electron chi connectivity index (χ4n) is 2.67. The van der Waals surface area contributed by atoms with Crippen molar-refractivity contribution < 1.29 is 4.43 Å². The van der Waals surface area contributed by atoms with Crippen molar-refractivity contribution in [2.75, 3.05) is 18.5 Å². The summed E-state index contributed by atoms with van der Waals surface area (Å²) >= 11 is 6.20. The first kappa shape index (κ1) is 20.3. The van der Waals surface area contributed by atoms with Gasteiger partial charge in [0.05, 0.1) is 12.3 Å². The fraction of sp³-hybridized carbons (Fsp3) is 0.524. The molecule has 6 heteroatoms. The van der Waals surface area contributed by atoms with Crippen LogP contribution in [-0.4, -0.2) is 31.4 Å². The lowest BCUT2D eigenvalue weighted by Crippen LogP contribution is -2.41. The standard InChI is InChI=1S/C21H30ClN3OSi/c1-21(2,3)27(4,5)26-11-10-23-20-9-8-16(14-24-20)18-12-17(15-6-7-15)13-19(22)25-18/h8-9,12-15H,6-7,10-11H2,1-5H3,(H,23,24). The van der Waals surface area contributed by atoms with E-state index in [-0.39, 0.29) is 5.04 Å². The average molecular weight is 404 g/mol. The number of nitrogens with one attached hydrogen (secondary N) is 1. The molecule has 1 aliphatic carbocycles. The molecule has 146 valence electrons. The van der Waals surface area contributed by atoms with Crippen molar-refractivity contribution in [2.24, 2.45) is 0 Å². The van der Waals surface area contributed by atoms with Gasteiger partial charge in [-0.15, -0.1) is 0 Å². The molecule has 0 spiro atoms. The van der Waals surface area contributed by atoms with Gasteiger partial charge in [0, 0.05) is 18.3 Å². The molecule has 1 saturated carbocycles. The molecule has 2 aromatic rings. The molecule has 4 nitrogen and oxygen atoms in total. The van der Waals surface area contributed by atoms with Crippen LogP contribution in [0.4, 0.5) is 5.82 Å². The van der Waals surface area contributed by atoms with E-state index in [1.165, 1.54) is 18.4 Å². The first-order valence-corrected chi connectivity index (χ1v) is 13.0. The Morgan fingerprint density at radius 1 is 1.22 bits per heavy atom. The topological polar surface area (TPSA) is 47.0 Å². The molecule has 0 saturated heterocycles. The fourth-order valence-corrected chi connectivity index (χ4v) is 3.93. The number of hydrogen-bond donors (Lipinski definition) is 1. The molecule has 0 aliphatic heterocycles. The van der Waals surface area contributed by atoms with Crippen LogP contribution in [0.5, 0.6) is 0 Å². The molecular formula is C21H30ClN3OSi. The zero-order valence-corrected chi connectivity index (χ0v) is 18.7. The molecule has 0 aromatic carbocycles. The van der Waals surface area contributed by atoms with Crippen molar-refractivity contribution >= 4 is 25.7 Å². The number of pyridine rings is 2. The lowest BCUT2D eigenvalue weighted by molar-refractivity contribution is 0.301. The predicted octanol–water partition coefficient (Wildman–Crippen LogP) is 6.11. The SMILES string of the molecule is CC(C)(C)[Si](C)(C)OCCNc1ccc(-c2cc(C3CC3)cc(Cl)n2)cn1. The second kappa shape index (κ2) is 7.90. The third-order valence-electron chi connectivity index (χ3n) is 5.60. The van der Waals surface area contributed by atoms with Crippen LogP contribution in [0.3, 0.4) is 0 Å². The van der Waals surface area contributed by atoms with Crippen molar-refractivity contribution in [3.63, 3.8) is 0 Å². The summed E-state index contributed by atoms with van der Waals surface area (Å²) in [7, 11) is -1.69. The molecule has 2 heterocycles. The molecule has 0 bridgehead atoms. The zero-order valence-electron chi connectivity index (χ0n) is 17.0. The quantitative estimate of drug-likeness (QED) is 0.344. The van der Waals surface area contributed by atoms with E-state index >= 15 is 0 Å². The molecular weight excluding hydrogens is 374 g/mol. The van der Waals surface area contributed by atoms with E-state index in [0.717, 1.165) is 23.6 Å². The van der Waals surface area contributed by atoms with E-state index < -0.39 is 8.32 Å². The second-order valence-electron chi connectivity index (χ2n) is 8.85. The van der Waals surface area contributed by atoms with Crippen LogP contribution in [0.15, 0.2) is 30.5 Å². The van der Waals surface area contributed by atoms with Gasteiger partial charge in [-0.1, -0.05) is 32.4 Å². The van der Waals surface area contributed by atoms with Gasteiger partial charge in [-0.3, -0.25) is 0 Å². The van der Waals surface area contributed by atoms with Crippen LogP contribution in [0, 0.1) is 0 Å². The van der Waals surface area contributed by atoms with Gasteiger partial charge in [0.15, 0.2) is 8.32 Å². The number of hydrogen-bond acceptors (Lipinski definition) is 4. The Morgan fingerprint density at radius 2 is 1.96 bits per heavy atom. The van der Waals surface area contributed by atoms with E-state index in [9.17, 15) is 0 Å². The first-order chi connectivity index (χ1) is 12.7. The predicted molar refractivity (Wildman–Crippen MR) is 116 cm³/mol. The minimum atomic E-state index is -1.69. The van der Waals surface area contributed by atoms with Crippen molar-refractivity contribution in [1.82, 2.24) is 9.97 Å². The Morgan fingerprint density at radius 3 is 2.56 bits per heavy atom. The average Bonchev–Trinajstić information content (AvgIpc) is 3.43. The molecule has 1 aliphatic rings. The summed E-state index contributed by atoms with van der Waals surface area (Å²) in [6.07, 6.45) is 4.35. The molecule has 3 rings (SSSR count). The maximum absolute atomic E-state index is 6.20. The highest BCUT2D eigenvalue weighted by Gasteiger charge is 2.36. The second-order valence-corrected chi connectivity index (χ2v) is 14.0. The number of rotatable bonds is 7. The van der Waals surface area contributed by atoms with Crippen molar-refractivity contribution in [3.8, 4) is 11.3 Å². The third-order valence-corrected chi connectivity index (χ3v) is 10.3. The molecule has 2 aromatic heterocycles. The highest BCUT2D eigenvalue weighted by atomic mass is 35.5. The Hall–Kier alpha value is -1.43. The zero-order chi connectivity index (χ0) is 19.7. The van der Waals surface area contributed by atoms with Gasteiger partial charge in [0.1, 0.15) is 11.0 Å². The molecule has 27 heavy (non-hydrogen) atoms. The van der Waals surface area contributed by atoms with E-state index in [4.69, 9.17) is 16.0 Å². The van der Waals surface area contributed by atoms with Crippen LogP contribution in [0.1, 0.15) is 45.1 Å². The smallest absolute Gasteiger partial charge is 0.192 e. The van der Waals surface area contributed by atoms with Crippen LogP contribution in [-0.2, 0) is 4.43 Å². The Bertz CT molecular complexity index is 783. The van der Waals surface area contributed by atoms with Gasteiger partial charge < -0.3 is 9.74 Å². The molecule has 0 radical (unpaired) electrons. The number of halogens is 1.